The number of pyridine rings is 2. The van der Waals surface area contributed by atoms with Crippen molar-refractivity contribution in [3.63, 3.8) is 0 Å². The molecule has 0 saturated heterocycles. The van der Waals surface area contributed by atoms with Crippen molar-refractivity contribution in [2.24, 2.45) is 0 Å². The van der Waals surface area contributed by atoms with Crippen molar-refractivity contribution >= 4 is 22.7 Å². The van der Waals surface area contributed by atoms with Gasteiger partial charge in [0.2, 0.25) is 0 Å². The molecule has 0 fully saturated rings. The first-order valence-corrected chi connectivity index (χ1v) is 14.3. The first-order valence-electron chi connectivity index (χ1n) is 12.6. The van der Waals surface area contributed by atoms with Crippen molar-refractivity contribution in [2.75, 3.05) is 0 Å². The second-order valence-electron chi connectivity index (χ2n) is 8.95. The van der Waals surface area contributed by atoms with Crippen molar-refractivity contribution in [1.29, 1.82) is 0 Å². The SMILES string of the molecule is c1ccc(-c2cccc(-c3nnc(-c4cccc(-c5nnc(-c6cccc(-c7ccccc7)n6)s5)c4)s3)n2)cc1. The fourth-order valence-electron chi connectivity index (χ4n) is 4.32. The minimum atomic E-state index is 0.778. The number of benzene rings is 3. The quantitative estimate of drug-likeness (QED) is 0.207. The largest absolute Gasteiger partial charge is 0.245 e. The predicted molar refractivity (Wildman–Crippen MR) is 162 cm³/mol. The van der Waals surface area contributed by atoms with Gasteiger partial charge in [0.05, 0.1) is 11.4 Å². The Bertz CT molecular complexity index is 1780. The second-order valence-corrected chi connectivity index (χ2v) is 10.9. The molecule has 7 rings (SSSR count). The summed E-state index contributed by atoms with van der Waals surface area (Å²) in [5.74, 6) is 0. The fourth-order valence-corrected chi connectivity index (χ4v) is 5.94. The zero-order valence-electron chi connectivity index (χ0n) is 21.0. The molecule has 0 unspecified atom stereocenters. The highest BCUT2D eigenvalue weighted by Gasteiger charge is 2.14. The first-order chi connectivity index (χ1) is 19.8. The summed E-state index contributed by atoms with van der Waals surface area (Å²) in [6.07, 6.45) is 0. The topological polar surface area (TPSA) is 77.3 Å². The summed E-state index contributed by atoms with van der Waals surface area (Å²) >= 11 is 3.04. The maximum atomic E-state index is 4.83. The summed E-state index contributed by atoms with van der Waals surface area (Å²) in [4.78, 5) is 9.66. The van der Waals surface area contributed by atoms with Crippen molar-refractivity contribution < 1.29 is 0 Å². The lowest BCUT2D eigenvalue weighted by molar-refractivity contribution is 1.09. The zero-order valence-corrected chi connectivity index (χ0v) is 22.7. The summed E-state index contributed by atoms with van der Waals surface area (Å²) in [6.45, 7) is 0. The van der Waals surface area contributed by atoms with Crippen LogP contribution in [0.5, 0.6) is 0 Å². The predicted octanol–water partition coefficient (Wildman–Crippen LogP) is 8.18. The van der Waals surface area contributed by atoms with Crippen LogP contribution in [-0.2, 0) is 0 Å². The number of rotatable bonds is 6. The average Bonchev–Trinajstić information content (AvgIpc) is 3.74. The Morgan fingerprint density at radius 1 is 0.325 bits per heavy atom. The molecular weight excluding hydrogens is 533 g/mol. The van der Waals surface area contributed by atoms with Crippen molar-refractivity contribution in [3.8, 4) is 65.1 Å². The van der Waals surface area contributed by atoms with Gasteiger partial charge in [0.1, 0.15) is 21.4 Å². The lowest BCUT2D eigenvalue weighted by Crippen LogP contribution is -1.87. The highest BCUT2D eigenvalue weighted by Crippen LogP contribution is 2.35. The molecule has 3 aromatic carbocycles. The van der Waals surface area contributed by atoms with Gasteiger partial charge in [-0.2, -0.15) is 0 Å². The van der Waals surface area contributed by atoms with E-state index in [-0.39, 0.29) is 0 Å². The first kappa shape index (κ1) is 24.1. The Morgan fingerprint density at radius 3 is 1.18 bits per heavy atom. The Balaban J connectivity index is 1.15. The third kappa shape index (κ3) is 4.93. The van der Waals surface area contributed by atoms with Crippen LogP contribution in [0, 0.1) is 0 Å². The van der Waals surface area contributed by atoms with Crippen LogP contribution in [0.25, 0.3) is 65.1 Å². The van der Waals surface area contributed by atoms with Crippen LogP contribution < -0.4 is 0 Å². The molecular formula is C32H20N6S2. The summed E-state index contributed by atoms with van der Waals surface area (Å²) in [6, 6.07) is 40.4. The molecule has 6 nitrogen and oxygen atoms in total. The molecule has 0 aliphatic carbocycles. The fraction of sp³-hybridized carbons (Fsp3) is 0. The van der Waals surface area contributed by atoms with Gasteiger partial charge < -0.3 is 0 Å². The number of hydrogen-bond donors (Lipinski definition) is 0. The zero-order chi connectivity index (χ0) is 26.7. The standard InChI is InChI=1S/C32H20N6S2/c1-3-10-21(11-4-1)25-16-8-18-27(33-25)31-37-35-29(39-31)23-14-7-15-24(20-23)30-36-38-32(40-30)28-19-9-17-26(34-28)22-12-5-2-6-13-22/h1-20H. The average molecular weight is 553 g/mol. The van der Waals surface area contributed by atoms with Crippen molar-refractivity contribution in [1.82, 2.24) is 30.4 Å². The molecule has 0 saturated carbocycles. The normalized spacial score (nSPS) is 11.0. The van der Waals surface area contributed by atoms with E-state index in [0.29, 0.717) is 0 Å². The van der Waals surface area contributed by atoms with E-state index in [1.807, 2.05) is 91.0 Å². The summed E-state index contributed by atoms with van der Waals surface area (Å²) in [7, 11) is 0. The van der Waals surface area contributed by atoms with Crippen LogP contribution in [0.15, 0.2) is 121 Å². The van der Waals surface area contributed by atoms with E-state index < -0.39 is 0 Å². The molecule has 0 bridgehead atoms. The van der Waals surface area contributed by atoms with Crippen molar-refractivity contribution in [2.45, 2.75) is 0 Å². The van der Waals surface area contributed by atoms with Crippen LogP contribution in [0.4, 0.5) is 0 Å². The molecule has 0 amide bonds. The molecule has 0 spiro atoms. The molecule has 40 heavy (non-hydrogen) atoms. The third-order valence-electron chi connectivity index (χ3n) is 6.28. The van der Waals surface area contributed by atoms with Gasteiger partial charge in [-0.1, -0.05) is 114 Å². The van der Waals surface area contributed by atoms with Crippen LogP contribution in [-0.4, -0.2) is 30.4 Å². The van der Waals surface area contributed by atoms with E-state index in [0.717, 1.165) is 65.1 Å². The Labute approximate surface area is 238 Å². The molecule has 0 N–H and O–H groups in total. The Hall–Kier alpha value is -4.92. The van der Waals surface area contributed by atoms with Crippen molar-refractivity contribution in [3.05, 3.63) is 121 Å². The van der Waals surface area contributed by atoms with Gasteiger partial charge >= 0.3 is 0 Å². The lowest BCUT2D eigenvalue weighted by Gasteiger charge is -2.02. The maximum absolute atomic E-state index is 4.83. The Morgan fingerprint density at radius 2 is 0.700 bits per heavy atom. The minimum absolute atomic E-state index is 0.778. The summed E-state index contributed by atoms with van der Waals surface area (Å²) < 4.78 is 0. The summed E-state index contributed by atoms with van der Waals surface area (Å²) in [5.41, 5.74) is 7.52. The molecule has 0 radical (unpaired) electrons. The number of hydrogen-bond acceptors (Lipinski definition) is 8. The van der Waals surface area contributed by atoms with Gasteiger partial charge in [0, 0.05) is 22.3 Å². The van der Waals surface area contributed by atoms with Crippen LogP contribution in [0.3, 0.4) is 0 Å². The number of nitrogens with zero attached hydrogens (tertiary/aromatic N) is 6. The van der Waals surface area contributed by atoms with E-state index in [2.05, 4.69) is 50.7 Å². The molecule has 8 heteroatoms. The van der Waals surface area contributed by atoms with E-state index in [9.17, 15) is 0 Å². The summed E-state index contributed by atoms with van der Waals surface area (Å²) in [5, 5.41) is 21.1. The highest BCUT2D eigenvalue weighted by molar-refractivity contribution is 7.18. The molecule has 0 aliphatic rings. The van der Waals surface area contributed by atoms with E-state index in [4.69, 9.17) is 9.97 Å². The van der Waals surface area contributed by atoms with Gasteiger partial charge in [-0.3, -0.25) is 0 Å². The minimum Gasteiger partial charge on any atom is -0.245 e. The molecule has 7 aromatic rings. The molecule has 4 heterocycles. The van der Waals surface area contributed by atoms with Gasteiger partial charge in [-0.05, 0) is 30.3 Å². The van der Waals surface area contributed by atoms with Crippen LogP contribution >= 0.6 is 22.7 Å². The van der Waals surface area contributed by atoms with E-state index in [1.54, 1.807) is 0 Å². The van der Waals surface area contributed by atoms with E-state index in [1.165, 1.54) is 22.7 Å². The van der Waals surface area contributed by atoms with Gasteiger partial charge in [0.15, 0.2) is 10.0 Å². The molecule has 0 aliphatic heterocycles. The molecule has 0 atom stereocenters. The third-order valence-corrected chi connectivity index (χ3v) is 8.27. The van der Waals surface area contributed by atoms with Crippen LogP contribution in [0.2, 0.25) is 0 Å². The monoisotopic (exact) mass is 552 g/mol. The lowest BCUT2D eigenvalue weighted by atomic mass is 10.1. The second kappa shape index (κ2) is 10.7. The van der Waals surface area contributed by atoms with Gasteiger partial charge in [0.25, 0.3) is 0 Å². The molecule has 4 aromatic heterocycles. The number of aromatic nitrogens is 6. The smallest absolute Gasteiger partial charge is 0.166 e. The van der Waals surface area contributed by atoms with Gasteiger partial charge in [-0.15, -0.1) is 20.4 Å². The Kier molecular flexibility index (Phi) is 6.45. The van der Waals surface area contributed by atoms with Crippen LogP contribution in [0.1, 0.15) is 0 Å². The van der Waals surface area contributed by atoms with E-state index >= 15 is 0 Å². The highest BCUT2D eigenvalue weighted by atomic mass is 32.1. The molecule has 190 valence electrons. The van der Waals surface area contributed by atoms with Gasteiger partial charge in [-0.25, -0.2) is 9.97 Å². The maximum Gasteiger partial charge on any atom is 0.166 e.